The molecule has 156 valence electrons. The molecule has 1 N–H and O–H groups in total. The molecule has 9 heteroatoms. The van der Waals surface area contributed by atoms with Crippen LogP contribution in [0.5, 0.6) is 0 Å². The summed E-state index contributed by atoms with van der Waals surface area (Å²) in [6, 6.07) is 16.5. The molecule has 30 heavy (non-hydrogen) atoms. The van der Waals surface area contributed by atoms with Crippen LogP contribution in [0.2, 0.25) is 10.0 Å². The standard InChI is InChI=1S/C21H17Cl2FN2O3S/c1-26(13-14-5-3-2-4-6-14)30(28,29)16-8-9-18(22)17(12-16)21(27)25-20-10-7-15(24)11-19(20)23/h2-12H,13H2,1H3,(H,25,27). The van der Waals surface area contributed by atoms with Crippen LogP contribution in [0.15, 0.2) is 71.6 Å². The van der Waals surface area contributed by atoms with Gasteiger partial charge in [-0.05, 0) is 42.0 Å². The molecular formula is C21H17Cl2FN2O3S. The number of hydrogen-bond acceptors (Lipinski definition) is 3. The Labute approximate surface area is 184 Å². The van der Waals surface area contributed by atoms with Gasteiger partial charge in [-0.1, -0.05) is 53.5 Å². The predicted molar refractivity (Wildman–Crippen MR) is 116 cm³/mol. The fourth-order valence-electron chi connectivity index (χ4n) is 2.72. The minimum Gasteiger partial charge on any atom is -0.321 e. The number of nitrogens with one attached hydrogen (secondary N) is 1. The molecule has 0 spiro atoms. The lowest BCUT2D eigenvalue weighted by Crippen LogP contribution is -2.27. The van der Waals surface area contributed by atoms with Crippen molar-refractivity contribution in [1.29, 1.82) is 0 Å². The second-order valence-corrected chi connectivity index (χ2v) is 9.33. The first-order valence-corrected chi connectivity index (χ1v) is 10.9. The van der Waals surface area contributed by atoms with Crippen molar-refractivity contribution in [2.45, 2.75) is 11.4 Å². The summed E-state index contributed by atoms with van der Waals surface area (Å²) in [7, 11) is -2.42. The summed E-state index contributed by atoms with van der Waals surface area (Å²) in [5.74, 6) is -1.22. The fourth-order valence-corrected chi connectivity index (χ4v) is 4.33. The first-order chi connectivity index (χ1) is 14.2. The van der Waals surface area contributed by atoms with Crippen molar-refractivity contribution in [1.82, 2.24) is 4.31 Å². The zero-order chi connectivity index (χ0) is 21.9. The van der Waals surface area contributed by atoms with E-state index >= 15 is 0 Å². The fraction of sp³-hybridized carbons (Fsp3) is 0.0952. The third kappa shape index (κ3) is 4.99. The van der Waals surface area contributed by atoms with Gasteiger partial charge in [-0.2, -0.15) is 4.31 Å². The van der Waals surface area contributed by atoms with Crippen molar-refractivity contribution in [2.24, 2.45) is 0 Å². The van der Waals surface area contributed by atoms with E-state index in [0.29, 0.717) is 0 Å². The molecule has 3 aromatic rings. The van der Waals surface area contributed by atoms with Crippen molar-refractivity contribution in [3.05, 3.63) is 93.7 Å². The van der Waals surface area contributed by atoms with Crippen LogP contribution in [0.4, 0.5) is 10.1 Å². The van der Waals surface area contributed by atoms with E-state index in [-0.39, 0.29) is 32.7 Å². The van der Waals surface area contributed by atoms with Crippen LogP contribution >= 0.6 is 23.2 Å². The summed E-state index contributed by atoms with van der Waals surface area (Å²) in [4.78, 5) is 12.6. The van der Waals surface area contributed by atoms with Crippen molar-refractivity contribution < 1.29 is 17.6 Å². The third-order valence-corrected chi connectivity index (χ3v) is 6.76. The van der Waals surface area contributed by atoms with Gasteiger partial charge < -0.3 is 5.32 Å². The van der Waals surface area contributed by atoms with Crippen molar-refractivity contribution in [3.63, 3.8) is 0 Å². The molecule has 3 rings (SSSR count). The highest BCUT2D eigenvalue weighted by atomic mass is 35.5. The van der Waals surface area contributed by atoms with Gasteiger partial charge in [0.1, 0.15) is 5.82 Å². The summed E-state index contributed by atoms with van der Waals surface area (Å²) in [6.07, 6.45) is 0. The maximum absolute atomic E-state index is 13.2. The van der Waals surface area contributed by atoms with Crippen LogP contribution in [0.1, 0.15) is 15.9 Å². The maximum Gasteiger partial charge on any atom is 0.257 e. The number of anilines is 1. The van der Waals surface area contributed by atoms with Gasteiger partial charge in [-0.25, -0.2) is 12.8 Å². The minimum absolute atomic E-state index is 0.00541. The van der Waals surface area contributed by atoms with Crippen molar-refractivity contribution in [2.75, 3.05) is 12.4 Å². The average molecular weight is 467 g/mol. The highest BCUT2D eigenvalue weighted by Crippen LogP contribution is 2.27. The Bertz CT molecular complexity index is 1190. The lowest BCUT2D eigenvalue weighted by atomic mass is 10.2. The number of halogens is 3. The SMILES string of the molecule is CN(Cc1ccccc1)S(=O)(=O)c1ccc(Cl)c(C(=O)Nc2ccc(F)cc2Cl)c1. The van der Waals surface area contributed by atoms with Gasteiger partial charge in [0.2, 0.25) is 10.0 Å². The van der Waals surface area contributed by atoms with Crippen LogP contribution < -0.4 is 5.32 Å². The van der Waals surface area contributed by atoms with Gasteiger partial charge in [-0.3, -0.25) is 4.79 Å². The molecule has 5 nitrogen and oxygen atoms in total. The number of amides is 1. The smallest absolute Gasteiger partial charge is 0.257 e. The maximum atomic E-state index is 13.2. The van der Waals surface area contributed by atoms with Gasteiger partial charge in [0.25, 0.3) is 5.91 Å². The van der Waals surface area contributed by atoms with Crippen LogP contribution in [0.25, 0.3) is 0 Å². The van der Waals surface area contributed by atoms with Crippen LogP contribution in [-0.2, 0) is 16.6 Å². The van der Waals surface area contributed by atoms with Gasteiger partial charge in [0.05, 0.1) is 26.2 Å². The zero-order valence-electron chi connectivity index (χ0n) is 15.8. The van der Waals surface area contributed by atoms with E-state index in [4.69, 9.17) is 23.2 Å². The number of hydrogen-bond donors (Lipinski definition) is 1. The van der Waals surface area contributed by atoms with E-state index in [1.54, 1.807) is 0 Å². The molecule has 0 aliphatic rings. The number of carbonyl (C=O) groups is 1. The highest BCUT2D eigenvalue weighted by Gasteiger charge is 2.23. The molecule has 0 bridgehead atoms. The van der Waals surface area contributed by atoms with Gasteiger partial charge in [0.15, 0.2) is 0 Å². The van der Waals surface area contributed by atoms with Crippen molar-refractivity contribution >= 4 is 44.8 Å². The lowest BCUT2D eigenvalue weighted by molar-refractivity contribution is 0.102. The number of sulfonamides is 1. The predicted octanol–water partition coefficient (Wildman–Crippen LogP) is 5.21. The Morgan fingerprint density at radius 3 is 2.37 bits per heavy atom. The molecule has 0 saturated carbocycles. The highest BCUT2D eigenvalue weighted by molar-refractivity contribution is 7.89. The Hall–Kier alpha value is -2.45. The average Bonchev–Trinajstić information content (AvgIpc) is 2.71. The Balaban J connectivity index is 1.87. The largest absolute Gasteiger partial charge is 0.321 e. The van der Waals surface area contributed by atoms with E-state index < -0.39 is 21.7 Å². The number of carbonyl (C=O) groups excluding carboxylic acids is 1. The third-order valence-electron chi connectivity index (χ3n) is 4.32. The second-order valence-electron chi connectivity index (χ2n) is 6.47. The molecule has 0 aliphatic heterocycles. The van der Waals surface area contributed by atoms with Crippen LogP contribution in [-0.4, -0.2) is 25.7 Å². The molecule has 0 radical (unpaired) electrons. The summed E-state index contributed by atoms with van der Waals surface area (Å²) in [6.45, 7) is 0.165. The molecule has 0 saturated heterocycles. The monoisotopic (exact) mass is 466 g/mol. The van der Waals surface area contributed by atoms with E-state index in [1.807, 2.05) is 30.3 Å². The van der Waals surface area contributed by atoms with E-state index in [0.717, 1.165) is 17.7 Å². The quantitative estimate of drug-likeness (QED) is 0.542. The molecule has 0 aromatic heterocycles. The molecular weight excluding hydrogens is 450 g/mol. The second kappa shape index (κ2) is 9.14. The summed E-state index contributed by atoms with van der Waals surface area (Å²) in [5.41, 5.74) is 0.946. The van der Waals surface area contributed by atoms with E-state index in [2.05, 4.69) is 5.32 Å². The minimum atomic E-state index is -3.88. The zero-order valence-corrected chi connectivity index (χ0v) is 18.1. The topological polar surface area (TPSA) is 66.5 Å². The van der Waals surface area contributed by atoms with E-state index in [9.17, 15) is 17.6 Å². The number of rotatable bonds is 6. The summed E-state index contributed by atoms with van der Waals surface area (Å²) < 4.78 is 40.3. The number of benzene rings is 3. The lowest BCUT2D eigenvalue weighted by Gasteiger charge is -2.18. The molecule has 0 aliphatic carbocycles. The van der Waals surface area contributed by atoms with Crippen molar-refractivity contribution in [3.8, 4) is 0 Å². The number of nitrogens with zero attached hydrogens (tertiary/aromatic N) is 1. The molecule has 0 heterocycles. The summed E-state index contributed by atoms with van der Waals surface area (Å²) in [5, 5.41) is 2.58. The van der Waals surface area contributed by atoms with Gasteiger partial charge in [-0.15, -0.1) is 0 Å². The van der Waals surface area contributed by atoms with Crippen LogP contribution in [0, 0.1) is 5.82 Å². The summed E-state index contributed by atoms with van der Waals surface area (Å²) >= 11 is 12.1. The first-order valence-electron chi connectivity index (χ1n) is 8.74. The molecule has 0 fully saturated rings. The molecule has 0 atom stereocenters. The van der Waals surface area contributed by atoms with Crippen LogP contribution in [0.3, 0.4) is 0 Å². The molecule has 3 aromatic carbocycles. The Kier molecular flexibility index (Phi) is 6.77. The Morgan fingerprint density at radius 2 is 1.70 bits per heavy atom. The van der Waals surface area contributed by atoms with Gasteiger partial charge in [0, 0.05) is 13.6 Å². The normalized spacial score (nSPS) is 11.5. The Morgan fingerprint density at radius 1 is 1.00 bits per heavy atom. The van der Waals surface area contributed by atoms with Gasteiger partial charge >= 0.3 is 0 Å². The van der Waals surface area contributed by atoms with E-state index in [1.165, 1.54) is 35.6 Å². The first kappa shape index (κ1) is 22.2. The molecule has 1 amide bonds. The molecule has 0 unspecified atom stereocenters.